The van der Waals surface area contributed by atoms with E-state index in [-0.39, 0.29) is 18.7 Å². The first kappa shape index (κ1) is 25.7. The van der Waals surface area contributed by atoms with Crippen LogP contribution < -0.4 is 25.4 Å². The highest BCUT2D eigenvalue weighted by Gasteiger charge is 2.18. The molecule has 2 aliphatic rings. The van der Waals surface area contributed by atoms with Gasteiger partial charge in [0.1, 0.15) is 0 Å². The molecule has 6 nitrogen and oxygen atoms in total. The third kappa shape index (κ3) is 6.89. The van der Waals surface area contributed by atoms with Crippen LogP contribution in [0.5, 0.6) is 11.5 Å². The summed E-state index contributed by atoms with van der Waals surface area (Å²) in [6.45, 7) is 1.68. The lowest BCUT2D eigenvalue weighted by Crippen LogP contribution is -2.34. The lowest BCUT2D eigenvalue weighted by Gasteiger charge is -2.21. The van der Waals surface area contributed by atoms with Gasteiger partial charge in [0.2, 0.25) is 6.79 Å². The summed E-state index contributed by atoms with van der Waals surface area (Å²) in [6.07, 6.45) is 6.02. The van der Waals surface area contributed by atoms with E-state index in [1.165, 1.54) is 31.2 Å². The molecule has 8 heteroatoms. The Bertz CT molecular complexity index is 1210. The topological polar surface area (TPSA) is 71.6 Å². The first-order valence-electron chi connectivity index (χ1n) is 12.8. The van der Waals surface area contributed by atoms with Gasteiger partial charge in [0.25, 0.3) is 0 Å². The molecule has 0 bridgehead atoms. The Morgan fingerprint density at radius 2 is 1.59 bits per heavy atom. The standard InChI is InChI=1S/C29H31Cl2N3O3/c30-23-14-24(31)16-26(15-23)34-29(35)33-17-22(11-12-32-25-3-1-2-4-25)20-7-5-19(6-8-20)21-9-10-27-28(13-21)37-18-36-27/h5-10,13-16,22,25,32H,1-4,11-12,17-18H2,(H2,33,34,35). The summed E-state index contributed by atoms with van der Waals surface area (Å²) in [7, 11) is 0. The largest absolute Gasteiger partial charge is 0.454 e. The molecule has 2 amide bonds. The molecule has 1 atom stereocenters. The highest BCUT2D eigenvalue weighted by Crippen LogP contribution is 2.36. The van der Waals surface area contributed by atoms with E-state index < -0.39 is 0 Å². The number of benzene rings is 3. The van der Waals surface area contributed by atoms with Gasteiger partial charge in [-0.1, -0.05) is 66.4 Å². The maximum absolute atomic E-state index is 12.6. The summed E-state index contributed by atoms with van der Waals surface area (Å²) in [5.41, 5.74) is 3.92. The first-order chi connectivity index (χ1) is 18.0. The average Bonchev–Trinajstić information content (AvgIpc) is 3.57. The lowest BCUT2D eigenvalue weighted by atomic mass is 9.93. The van der Waals surface area contributed by atoms with Crippen molar-refractivity contribution in [2.24, 2.45) is 0 Å². The van der Waals surface area contributed by atoms with E-state index in [9.17, 15) is 4.79 Å². The summed E-state index contributed by atoms with van der Waals surface area (Å²) in [4.78, 5) is 12.6. The van der Waals surface area contributed by atoms with E-state index in [2.05, 4.69) is 40.2 Å². The zero-order chi connectivity index (χ0) is 25.6. The Balaban J connectivity index is 1.24. The number of nitrogens with one attached hydrogen (secondary N) is 3. The molecule has 0 saturated heterocycles. The molecule has 1 saturated carbocycles. The quantitative estimate of drug-likeness (QED) is 0.268. The van der Waals surface area contributed by atoms with E-state index in [0.29, 0.717) is 28.3 Å². The zero-order valence-corrected chi connectivity index (χ0v) is 22.1. The third-order valence-electron chi connectivity index (χ3n) is 7.00. The van der Waals surface area contributed by atoms with Crippen molar-refractivity contribution in [3.63, 3.8) is 0 Å². The van der Waals surface area contributed by atoms with Crippen LogP contribution in [0.25, 0.3) is 11.1 Å². The van der Waals surface area contributed by atoms with Gasteiger partial charge in [0.15, 0.2) is 11.5 Å². The number of halogens is 2. The van der Waals surface area contributed by atoms with E-state index in [4.69, 9.17) is 32.7 Å². The summed E-state index contributed by atoms with van der Waals surface area (Å²) in [6, 6.07) is 19.8. The Morgan fingerprint density at radius 1 is 0.892 bits per heavy atom. The third-order valence-corrected chi connectivity index (χ3v) is 7.43. The Hall–Kier alpha value is -2.93. The predicted octanol–water partition coefficient (Wildman–Crippen LogP) is 7.22. The van der Waals surface area contributed by atoms with Crippen LogP contribution in [0.2, 0.25) is 10.0 Å². The monoisotopic (exact) mass is 539 g/mol. The lowest BCUT2D eigenvalue weighted by molar-refractivity contribution is 0.174. The smallest absolute Gasteiger partial charge is 0.319 e. The van der Waals surface area contributed by atoms with Gasteiger partial charge in [-0.25, -0.2) is 4.79 Å². The number of carbonyl (C=O) groups excluding carboxylic acids is 1. The first-order valence-corrected chi connectivity index (χ1v) is 13.5. The van der Waals surface area contributed by atoms with Crippen LogP contribution in [0.1, 0.15) is 43.6 Å². The molecule has 1 aliphatic carbocycles. The van der Waals surface area contributed by atoms with Crippen molar-refractivity contribution in [1.82, 2.24) is 10.6 Å². The van der Waals surface area contributed by atoms with E-state index in [1.54, 1.807) is 18.2 Å². The van der Waals surface area contributed by atoms with Crippen molar-refractivity contribution in [3.05, 3.63) is 76.3 Å². The molecule has 0 radical (unpaired) electrons. The van der Waals surface area contributed by atoms with Gasteiger partial charge in [-0.05, 0) is 72.8 Å². The molecule has 37 heavy (non-hydrogen) atoms. The maximum atomic E-state index is 12.6. The van der Waals surface area contributed by atoms with Crippen molar-refractivity contribution in [1.29, 1.82) is 0 Å². The molecule has 194 valence electrons. The number of ether oxygens (including phenoxy) is 2. The van der Waals surface area contributed by atoms with Gasteiger partial charge in [0, 0.05) is 34.2 Å². The minimum atomic E-state index is -0.288. The number of anilines is 1. The van der Waals surface area contributed by atoms with E-state index in [1.807, 2.05) is 18.2 Å². The normalized spacial score (nSPS) is 15.5. The van der Waals surface area contributed by atoms with Crippen LogP contribution in [0.15, 0.2) is 60.7 Å². The van der Waals surface area contributed by atoms with Crippen LogP contribution in [0, 0.1) is 0 Å². The van der Waals surface area contributed by atoms with Crippen LogP contribution >= 0.6 is 23.2 Å². The van der Waals surface area contributed by atoms with Gasteiger partial charge in [-0.3, -0.25) is 0 Å². The summed E-state index contributed by atoms with van der Waals surface area (Å²) >= 11 is 12.1. The molecule has 1 unspecified atom stereocenters. The second-order valence-corrected chi connectivity index (χ2v) is 10.5. The van der Waals surface area contributed by atoms with E-state index in [0.717, 1.165) is 35.6 Å². The van der Waals surface area contributed by atoms with Gasteiger partial charge in [-0.15, -0.1) is 0 Å². The van der Waals surface area contributed by atoms with Crippen molar-refractivity contribution < 1.29 is 14.3 Å². The molecule has 1 fully saturated rings. The minimum absolute atomic E-state index is 0.161. The second-order valence-electron chi connectivity index (χ2n) is 9.60. The van der Waals surface area contributed by atoms with Crippen molar-refractivity contribution in [2.75, 3.05) is 25.2 Å². The number of hydrogen-bond donors (Lipinski definition) is 3. The fourth-order valence-electron chi connectivity index (χ4n) is 5.02. The molecular weight excluding hydrogens is 509 g/mol. The molecule has 0 spiro atoms. The van der Waals surface area contributed by atoms with Crippen molar-refractivity contribution in [2.45, 2.75) is 44.1 Å². The van der Waals surface area contributed by atoms with Gasteiger partial charge >= 0.3 is 6.03 Å². The Kier molecular flexibility index (Phi) is 8.39. The molecule has 3 aromatic rings. The zero-order valence-electron chi connectivity index (χ0n) is 20.6. The van der Waals surface area contributed by atoms with Gasteiger partial charge in [-0.2, -0.15) is 0 Å². The summed E-state index contributed by atoms with van der Waals surface area (Å²) in [5.74, 6) is 1.71. The molecule has 5 rings (SSSR count). The Morgan fingerprint density at radius 3 is 2.35 bits per heavy atom. The van der Waals surface area contributed by atoms with Crippen LogP contribution in [0.3, 0.4) is 0 Å². The highest BCUT2D eigenvalue weighted by molar-refractivity contribution is 6.35. The predicted molar refractivity (Wildman–Crippen MR) is 149 cm³/mol. The van der Waals surface area contributed by atoms with Gasteiger partial charge < -0.3 is 25.4 Å². The molecule has 3 aromatic carbocycles. The fourth-order valence-corrected chi connectivity index (χ4v) is 5.55. The average molecular weight is 540 g/mol. The number of rotatable bonds is 9. The fraction of sp³-hybridized carbons (Fsp3) is 0.345. The van der Waals surface area contributed by atoms with Crippen LogP contribution in [0.4, 0.5) is 10.5 Å². The van der Waals surface area contributed by atoms with Crippen molar-refractivity contribution in [3.8, 4) is 22.6 Å². The van der Waals surface area contributed by atoms with E-state index >= 15 is 0 Å². The number of amides is 2. The maximum Gasteiger partial charge on any atom is 0.319 e. The molecular formula is C29H31Cl2N3O3. The summed E-state index contributed by atoms with van der Waals surface area (Å²) in [5, 5.41) is 10.5. The van der Waals surface area contributed by atoms with Crippen molar-refractivity contribution >= 4 is 34.9 Å². The second kappa shape index (κ2) is 12.1. The molecule has 0 aromatic heterocycles. The van der Waals surface area contributed by atoms with Crippen LogP contribution in [-0.4, -0.2) is 32.0 Å². The molecule has 1 heterocycles. The molecule has 1 aliphatic heterocycles. The number of carbonyl (C=O) groups is 1. The number of fused-ring (bicyclic) bond motifs is 1. The minimum Gasteiger partial charge on any atom is -0.454 e. The Labute approximate surface area is 227 Å². The SMILES string of the molecule is O=C(NCC(CCNC1CCCC1)c1ccc(-c2ccc3c(c2)OCO3)cc1)Nc1cc(Cl)cc(Cl)c1. The van der Waals surface area contributed by atoms with Crippen LogP contribution in [-0.2, 0) is 0 Å². The molecule has 3 N–H and O–H groups in total. The van der Waals surface area contributed by atoms with Gasteiger partial charge in [0.05, 0.1) is 0 Å². The summed E-state index contributed by atoms with van der Waals surface area (Å²) < 4.78 is 11.0. The highest BCUT2D eigenvalue weighted by atomic mass is 35.5. The number of urea groups is 1. The number of hydrogen-bond acceptors (Lipinski definition) is 4.